The Morgan fingerprint density at radius 1 is 1.06 bits per heavy atom. The number of alkyl halides is 3. The van der Waals surface area contributed by atoms with Gasteiger partial charge in [0.05, 0.1) is 17.6 Å². The highest BCUT2D eigenvalue weighted by Gasteiger charge is 2.31. The van der Waals surface area contributed by atoms with Crippen molar-refractivity contribution >= 4 is 21.6 Å². The standard InChI is InChI=1S/C21H24F3N3O4S/c1-31-18-5-7-19(8-6-18)32(29,30)27-13-11-26(12-14-27)10-9-20(28)25-17-4-2-3-16(15-17)21(22,23)24/h2-8,15H,9-14H2,1H3,(H,25,28). The molecule has 0 spiro atoms. The second-order valence-electron chi connectivity index (χ2n) is 7.30. The first-order chi connectivity index (χ1) is 15.1. The lowest BCUT2D eigenvalue weighted by atomic mass is 10.2. The Morgan fingerprint density at radius 2 is 1.72 bits per heavy atom. The molecule has 11 heteroatoms. The van der Waals surface area contributed by atoms with E-state index in [2.05, 4.69) is 5.32 Å². The van der Waals surface area contributed by atoms with Gasteiger partial charge in [0.2, 0.25) is 15.9 Å². The molecule has 3 rings (SSSR count). The number of piperazine rings is 1. The van der Waals surface area contributed by atoms with Gasteiger partial charge in [0, 0.05) is 44.8 Å². The minimum absolute atomic E-state index is 0.0835. The van der Waals surface area contributed by atoms with Crippen LogP contribution >= 0.6 is 0 Å². The van der Waals surface area contributed by atoms with E-state index in [-0.39, 0.29) is 30.1 Å². The van der Waals surface area contributed by atoms with Crippen molar-refractivity contribution in [2.24, 2.45) is 0 Å². The lowest BCUT2D eigenvalue weighted by Gasteiger charge is -2.33. The molecule has 2 aromatic rings. The van der Waals surface area contributed by atoms with Gasteiger partial charge >= 0.3 is 6.18 Å². The van der Waals surface area contributed by atoms with E-state index in [1.807, 2.05) is 4.90 Å². The predicted octanol–water partition coefficient (Wildman–Crippen LogP) is 3.05. The van der Waals surface area contributed by atoms with Crippen LogP contribution in [0.3, 0.4) is 0 Å². The summed E-state index contributed by atoms with van der Waals surface area (Å²) < 4.78 is 70.4. The van der Waals surface area contributed by atoms with E-state index in [1.54, 1.807) is 12.1 Å². The minimum atomic E-state index is -4.48. The summed E-state index contributed by atoms with van der Waals surface area (Å²) in [7, 11) is -2.12. The Labute approximate surface area is 184 Å². The second kappa shape index (κ2) is 9.88. The number of hydrogen-bond acceptors (Lipinski definition) is 5. The molecule has 1 aliphatic heterocycles. The Bertz CT molecular complexity index is 1040. The van der Waals surface area contributed by atoms with Crippen molar-refractivity contribution in [3.05, 3.63) is 54.1 Å². The van der Waals surface area contributed by atoms with Crippen LogP contribution in [0.15, 0.2) is 53.4 Å². The van der Waals surface area contributed by atoms with Crippen LogP contribution < -0.4 is 10.1 Å². The van der Waals surface area contributed by atoms with Crippen molar-refractivity contribution in [2.45, 2.75) is 17.5 Å². The summed E-state index contributed by atoms with van der Waals surface area (Å²) in [5.74, 6) is 0.162. The lowest BCUT2D eigenvalue weighted by Crippen LogP contribution is -2.49. The highest BCUT2D eigenvalue weighted by Crippen LogP contribution is 2.30. The summed E-state index contributed by atoms with van der Waals surface area (Å²) in [6.07, 6.45) is -4.39. The highest BCUT2D eigenvalue weighted by atomic mass is 32.2. The number of hydrogen-bond donors (Lipinski definition) is 1. The number of carbonyl (C=O) groups excluding carboxylic acids is 1. The van der Waals surface area contributed by atoms with Gasteiger partial charge < -0.3 is 15.0 Å². The molecule has 32 heavy (non-hydrogen) atoms. The molecule has 174 valence electrons. The molecule has 1 fully saturated rings. The van der Waals surface area contributed by atoms with Crippen molar-refractivity contribution in [1.82, 2.24) is 9.21 Å². The Hall–Kier alpha value is -2.63. The molecule has 1 heterocycles. The van der Waals surface area contributed by atoms with Crippen LogP contribution in [0.2, 0.25) is 0 Å². The Morgan fingerprint density at radius 3 is 2.31 bits per heavy atom. The van der Waals surface area contributed by atoms with Crippen molar-refractivity contribution in [3.8, 4) is 5.75 Å². The average Bonchev–Trinajstić information content (AvgIpc) is 2.77. The maximum Gasteiger partial charge on any atom is 0.416 e. The maximum atomic E-state index is 12.8. The molecule has 0 unspecified atom stereocenters. The van der Waals surface area contributed by atoms with Crippen LogP contribution in [0.1, 0.15) is 12.0 Å². The minimum Gasteiger partial charge on any atom is -0.497 e. The number of ether oxygens (including phenoxy) is 1. The second-order valence-corrected chi connectivity index (χ2v) is 9.24. The number of nitrogens with zero attached hydrogens (tertiary/aromatic N) is 2. The number of methoxy groups -OCH3 is 1. The predicted molar refractivity (Wildman–Crippen MR) is 113 cm³/mol. The van der Waals surface area contributed by atoms with Crippen molar-refractivity contribution < 1.29 is 31.1 Å². The topological polar surface area (TPSA) is 79.0 Å². The Kier molecular flexibility index (Phi) is 7.42. The van der Waals surface area contributed by atoms with Crippen molar-refractivity contribution in [1.29, 1.82) is 0 Å². The van der Waals surface area contributed by atoms with Gasteiger partial charge in [0.15, 0.2) is 0 Å². The first-order valence-corrected chi connectivity index (χ1v) is 11.4. The number of rotatable bonds is 7. The number of sulfonamides is 1. The average molecular weight is 472 g/mol. The molecule has 7 nitrogen and oxygen atoms in total. The quantitative estimate of drug-likeness (QED) is 0.672. The van der Waals surface area contributed by atoms with E-state index in [0.29, 0.717) is 25.4 Å². The summed E-state index contributed by atoms with van der Waals surface area (Å²) >= 11 is 0. The number of carbonyl (C=O) groups is 1. The third kappa shape index (κ3) is 5.99. The van der Waals surface area contributed by atoms with Gasteiger partial charge in [-0.3, -0.25) is 4.79 Å². The smallest absolute Gasteiger partial charge is 0.416 e. The van der Waals surface area contributed by atoms with Crippen LogP contribution in [0.4, 0.5) is 18.9 Å². The fraction of sp³-hybridized carbons (Fsp3) is 0.381. The fourth-order valence-corrected chi connectivity index (χ4v) is 4.77. The van der Waals surface area contributed by atoms with E-state index in [4.69, 9.17) is 4.74 Å². The number of anilines is 1. The van der Waals surface area contributed by atoms with Gasteiger partial charge in [-0.05, 0) is 42.5 Å². The molecule has 0 bridgehead atoms. The molecule has 1 saturated heterocycles. The zero-order valence-corrected chi connectivity index (χ0v) is 18.2. The van der Waals surface area contributed by atoms with Gasteiger partial charge in [-0.2, -0.15) is 17.5 Å². The molecule has 0 radical (unpaired) electrons. The van der Waals surface area contributed by atoms with Crippen LogP contribution in [0.25, 0.3) is 0 Å². The van der Waals surface area contributed by atoms with Crippen molar-refractivity contribution in [3.63, 3.8) is 0 Å². The summed E-state index contributed by atoms with van der Waals surface area (Å²) in [6.45, 7) is 1.84. The molecular weight excluding hydrogens is 447 g/mol. The van der Waals surface area contributed by atoms with E-state index < -0.39 is 27.7 Å². The molecule has 1 N–H and O–H groups in total. The van der Waals surface area contributed by atoms with Crippen LogP contribution in [0, 0.1) is 0 Å². The van der Waals surface area contributed by atoms with E-state index in [0.717, 1.165) is 12.1 Å². The van der Waals surface area contributed by atoms with Gasteiger partial charge in [0.25, 0.3) is 0 Å². The first kappa shape index (κ1) is 24.0. The zero-order valence-electron chi connectivity index (χ0n) is 17.4. The SMILES string of the molecule is COc1ccc(S(=O)(=O)N2CCN(CCC(=O)Nc3cccc(C(F)(F)F)c3)CC2)cc1. The van der Waals surface area contributed by atoms with E-state index in [1.165, 1.54) is 35.7 Å². The molecule has 1 aliphatic rings. The van der Waals surface area contributed by atoms with Crippen LogP contribution in [0.5, 0.6) is 5.75 Å². The van der Waals surface area contributed by atoms with Gasteiger partial charge in [-0.1, -0.05) is 6.07 Å². The first-order valence-electron chi connectivity index (χ1n) is 9.93. The fourth-order valence-electron chi connectivity index (χ4n) is 3.35. The number of benzene rings is 2. The molecule has 1 amide bonds. The van der Waals surface area contributed by atoms with Gasteiger partial charge in [-0.15, -0.1) is 0 Å². The molecular formula is C21H24F3N3O4S. The molecule has 0 aliphatic carbocycles. The summed E-state index contributed by atoms with van der Waals surface area (Å²) in [6, 6.07) is 10.6. The number of halogens is 3. The normalized spacial score (nSPS) is 16.0. The highest BCUT2D eigenvalue weighted by molar-refractivity contribution is 7.89. The third-order valence-electron chi connectivity index (χ3n) is 5.16. The van der Waals surface area contributed by atoms with Crippen molar-refractivity contribution in [2.75, 3.05) is 45.2 Å². The van der Waals surface area contributed by atoms with Gasteiger partial charge in [-0.25, -0.2) is 8.42 Å². The van der Waals surface area contributed by atoms with E-state index in [9.17, 15) is 26.4 Å². The van der Waals surface area contributed by atoms with Crippen LogP contribution in [-0.4, -0.2) is 63.4 Å². The third-order valence-corrected chi connectivity index (χ3v) is 7.07. The zero-order chi connectivity index (χ0) is 23.4. The summed E-state index contributed by atoms with van der Waals surface area (Å²) in [5.41, 5.74) is -0.746. The summed E-state index contributed by atoms with van der Waals surface area (Å²) in [5, 5.41) is 2.48. The molecule has 2 aromatic carbocycles. The Balaban J connectivity index is 1.48. The van der Waals surface area contributed by atoms with Gasteiger partial charge in [0.1, 0.15) is 5.75 Å². The number of nitrogens with one attached hydrogen (secondary N) is 1. The lowest BCUT2D eigenvalue weighted by molar-refractivity contribution is -0.137. The molecule has 0 aromatic heterocycles. The molecule has 0 atom stereocenters. The largest absolute Gasteiger partial charge is 0.497 e. The number of amides is 1. The maximum absolute atomic E-state index is 12.8. The molecule has 0 saturated carbocycles. The monoisotopic (exact) mass is 471 g/mol. The van der Waals surface area contributed by atoms with Crippen LogP contribution in [-0.2, 0) is 21.0 Å². The van der Waals surface area contributed by atoms with E-state index >= 15 is 0 Å². The summed E-state index contributed by atoms with van der Waals surface area (Å²) in [4.78, 5) is 14.3.